The van der Waals surface area contributed by atoms with Crippen LogP contribution in [0.5, 0.6) is 0 Å². The maximum atomic E-state index is 12.1. The van der Waals surface area contributed by atoms with Gasteiger partial charge >= 0.3 is 0 Å². The Morgan fingerprint density at radius 3 is 2.95 bits per heavy atom. The van der Waals surface area contributed by atoms with Crippen molar-refractivity contribution in [1.82, 2.24) is 20.4 Å². The summed E-state index contributed by atoms with van der Waals surface area (Å²) in [5.41, 5.74) is 0.0209. The molecule has 7 nitrogen and oxygen atoms in total. The molecule has 1 unspecified atom stereocenters. The monoisotopic (exact) mass is 292 g/mol. The lowest BCUT2D eigenvalue weighted by Crippen LogP contribution is -2.48. The second kappa shape index (κ2) is 7.01. The van der Waals surface area contributed by atoms with Gasteiger partial charge in [-0.2, -0.15) is 5.10 Å². The van der Waals surface area contributed by atoms with E-state index in [2.05, 4.69) is 15.7 Å². The molecule has 7 heteroatoms. The van der Waals surface area contributed by atoms with E-state index < -0.39 is 0 Å². The summed E-state index contributed by atoms with van der Waals surface area (Å²) in [5, 5.41) is 9.63. The van der Waals surface area contributed by atoms with Crippen molar-refractivity contribution >= 4 is 11.8 Å². The molecule has 21 heavy (non-hydrogen) atoms. The number of unbranched alkanes of at least 4 members (excludes halogenated alkanes) is 1. The molecule has 2 heterocycles. The van der Waals surface area contributed by atoms with E-state index in [1.807, 2.05) is 6.92 Å². The van der Waals surface area contributed by atoms with Gasteiger partial charge < -0.3 is 10.6 Å². The minimum Gasteiger partial charge on any atom is -0.354 e. The number of amides is 2. The molecule has 1 atom stereocenters. The number of carbonyl (C=O) groups is 2. The molecule has 1 aliphatic rings. The molecule has 2 amide bonds. The maximum absolute atomic E-state index is 12.1. The van der Waals surface area contributed by atoms with Gasteiger partial charge in [-0.25, -0.2) is 4.68 Å². The average Bonchev–Trinajstić information content (AvgIpc) is 2.48. The van der Waals surface area contributed by atoms with Crippen LogP contribution in [0.25, 0.3) is 0 Å². The lowest BCUT2D eigenvalue weighted by atomic mass is 10.1. The Bertz CT molecular complexity index is 572. The first-order valence-corrected chi connectivity index (χ1v) is 7.26. The standard InChI is InChI=1S/C14H20N4O3/c1-2-3-8-18-13(20)7-5-11(17-18)14(21)16-10-4-6-12(19)15-9-10/h5,7,10H,2-4,6,8-9H2,1H3,(H,15,19)(H,16,21). The van der Waals surface area contributed by atoms with E-state index in [1.54, 1.807) is 0 Å². The summed E-state index contributed by atoms with van der Waals surface area (Å²) in [5.74, 6) is -0.312. The molecular formula is C14H20N4O3. The van der Waals surface area contributed by atoms with E-state index in [0.717, 1.165) is 12.8 Å². The quantitative estimate of drug-likeness (QED) is 0.802. The molecule has 1 aliphatic heterocycles. The Kier molecular flexibility index (Phi) is 5.08. The fourth-order valence-electron chi connectivity index (χ4n) is 2.15. The predicted octanol–water partition coefficient (Wildman–Crippen LogP) is 0.0518. The van der Waals surface area contributed by atoms with Gasteiger partial charge in [0.2, 0.25) is 5.91 Å². The zero-order valence-corrected chi connectivity index (χ0v) is 12.1. The van der Waals surface area contributed by atoms with Gasteiger partial charge in [0.1, 0.15) is 5.69 Å². The summed E-state index contributed by atoms with van der Waals surface area (Å²) < 4.78 is 1.32. The molecule has 0 spiro atoms. The van der Waals surface area contributed by atoms with Gasteiger partial charge in [0.15, 0.2) is 0 Å². The Morgan fingerprint density at radius 1 is 1.48 bits per heavy atom. The molecule has 0 radical (unpaired) electrons. The number of aromatic nitrogens is 2. The van der Waals surface area contributed by atoms with Crippen molar-refractivity contribution in [2.75, 3.05) is 6.54 Å². The van der Waals surface area contributed by atoms with Crippen LogP contribution >= 0.6 is 0 Å². The van der Waals surface area contributed by atoms with Gasteiger partial charge in [-0.15, -0.1) is 0 Å². The minimum atomic E-state index is -0.318. The van der Waals surface area contributed by atoms with Crippen LogP contribution in [0.2, 0.25) is 0 Å². The summed E-state index contributed by atoms with van der Waals surface area (Å²) in [7, 11) is 0. The van der Waals surface area contributed by atoms with Gasteiger partial charge in [-0.1, -0.05) is 13.3 Å². The van der Waals surface area contributed by atoms with Crippen LogP contribution in [0.15, 0.2) is 16.9 Å². The predicted molar refractivity (Wildman–Crippen MR) is 76.9 cm³/mol. The van der Waals surface area contributed by atoms with Crippen LogP contribution in [0, 0.1) is 0 Å². The van der Waals surface area contributed by atoms with Crippen molar-refractivity contribution in [1.29, 1.82) is 0 Å². The highest BCUT2D eigenvalue weighted by molar-refractivity contribution is 5.92. The molecule has 2 rings (SSSR count). The lowest BCUT2D eigenvalue weighted by molar-refractivity contribution is -0.122. The third-order valence-corrected chi connectivity index (χ3v) is 3.42. The fourth-order valence-corrected chi connectivity index (χ4v) is 2.15. The first-order chi connectivity index (χ1) is 10.1. The number of carbonyl (C=O) groups excluding carboxylic acids is 2. The van der Waals surface area contributed by atoms with Crippen LogP contribution in [0.1, 0.15) is 43.1 Å². The smallest absolute Gasteiger partial charge is 0.272 e. The lowest BCUT2D eigenvalue weighted by Gasteiger charge is -2.23. The zero-order valence-electron chi connectivity index (χ0n) is 12.1. The molecule has 1 aromatic heterocycles. The normalized spacial score (nSPS) is 18.1. The van der Waals surface area contributed by atoms with Crippen molar-refractivity contribution in [3.05, 3.63) is 28.2 Å². The summed E-state index contributed by atoms with van der Waals surface area (Å²) in [6, 6.07) is 2.70. The van der Waals surface area contributed by atoms with Crippen LogP contribution in [0.4, 0.5) is 0 Å². The summed E-state index contributed by atoms with van der Waals surface area (Å²) in [6.07, 6.45) is 2.82. The number of aryl methyl sites for hydroxylation is 1. The third-order valence-electron chi connectivity index (χ3n) is 3.42. The molecule has 1 saturated heterocycles. The molecule has 114 valence electrons. The molecule has 0 bridgehead atoms. The van der Waals surface area contributed by atoms with Crippen molar-refractivity contribution in [2.45, 2.75) is 45.2 Å². The van der Waals surface area contributed by atoms with Gasteiger partial charge in [0.05, 0.1) is 0 Å². The van der Waals surface area contributed by atoms with Crippen molar-refractivity contribution < 1.29 is 9.59 Å². The molecule has 0 saturated carbocycles. The van der Waals surface area contributed by atoms with Crippen LogP contribution < -0.4 is 16.2 Å². The minimum absolute atomic E-state index is 0.00624. The van der Waals surface area contributed by atoms with Crippen molar-refractivity contribution in [3.8, 4) is 0 Å². The van der Waals surface area contributed by atoms with E-state index in [-0.39, 0.29) is 29.1 Å². The van der Waals surface area contributed by atoms with E-state index in [9.17, 15) is 14.4 Å². The summed E-state index contributed by atoms with van der Waals surface area (Å²) >= 11 is 0. The number of hydrogen-bond donors (Lipinski definition) is 2. The topological polar surface area (TPSA) is 93.1 Å². The van der Waals surface area contributed by atoms with Crippen LogP contribution in [0.3, 0.4) is 0 Å². The second-order valence-electron chi connectivity index (χ2n) is 5.15. The number of rotatable bonds is 5. The Labute approximate surface area is 122 Å². The van der Waals surface area contributed by atoms with Crippen LogP contribution in [-0.4, -0.2) is 34.2 Å². The van der Waals surface area contributed by atoms with E-state index in [1.165, 1.54) is 16.8 Å². The molecule has 1 aromatic rings. The third kappa shape index (κ3) is 4.14. The molecule has 0 aliphatic carbocycles. The number of nitrogens with zero attached hydrogens (tertiary/aromatic N) is 2. The fraction of sp³-hybridized carbons (Fsp3) is 0.571. The average molecular weight is 292 g/mol. The molecule has 2 N–H and O–H groups in total. The highest BCUT2D eigenvalue weighted by Gasteiger charge is 2.21. The van der Waals surface area contributed by atoms with Gasteiger partial charge in [0, 0.05) is 31.6 Å². The molecule has 0 aromatic carbocycles. The van der Waals surface area contributed by atoms with Crippen LogP contribution in [-0.2, 0) is 11.3 Å². The maximum Gasteiger partial charge on any atom is 0.272 e. The van der Waals surface area contributed by atoms with Gasteiger partial charge in [-0.3, -0.25) is 14.4 Å². The highest BCUT2D eigenvalue weighted by Crippen LogP contribution is 2.04. The van der Waals surface area contributed by atoms with E-state index in [0.29, 0.717) is 25.9 Å². The van der Waals surface area contributed by atoms with E-state index >= 15 is 0 Å². The molecule has 1 fully saturated rings. The SMILES string of the molecule is CCCCn1nc(C(=O)NC2CCC(=O)NC2)ccc1=O. The number of hydrogen-bond acceptors (Lipinski definition) is 4. The second-order valence-corrected chi connectivity index (χ2v) is 5.15. The summed E-state index contributed by atoms with van der Waals surface area (Å²) in [4.78, 5) is 34.8. The Morgan fingerprint density at radius 2 is 2.29 bits per heavy atom. The zero-order chi connectivity index (χ0) is 15.2. The number of piperidine rings is 1. The Balaban J connectivity index is 2.01. The van der Waals surface area contributed by atoms with Gasteiger partial charge in [-0.05, 0) is 18.9 Å². The largest absolute Gasteiger partial charge is 0.354 e. The van der Waals surface area contributed by atoms with Crippen molar-refractivity contribution in [3.63, 3.8) is 0 Å². The highest BCUT2D eigenvalue weighted by atomic mass is 16.2. The van der Waals surface area contributed by atoms with E-state index in [4.69, 9.17) is 0 Å². The van der Waals surface area contributed by atoms with Crippen molar-refractivity contribution in [2.24, 2.45) is 0 Å². The molecular weight excluding hydrogens is 272 g/mol. The first-order valence-electron chi connectivity index (χ1n) is 7.26. The number of nitrogens with one attached hydrogen (secondary N) is 2. The van der Waals surface area contributed by atoms with Gasteiger partial charge in [0.25, 0.3) is 11.5 Å². The summed E-state index contributed by atoms with van der Waals surface area (Å²) in [6.45, 7) is 2.97. The first kappa shape index (κ1) is 15.2. The Hall–Kier alpha value is -2.18.